The topological polar surface area (TPSA) is 72.8 Å². The molecule has 0 saturated heterocycles. The molecule has 32 heavy (non-hydrogen) atoms. The molecule has 0 aliphatic heterocycles. The fourth-order valence-electron chi connectivity index (χ4n) is 3.96. The van der Waals surface area contributed by atoms with Gasteiger partial charge in [0.1, 0.15) is 6.10 Å². The highest BCUT2D eigenvalue weighted by Crippen LogP contribution is 2.19. The van der Waals surface area contributed by atoms with Crippen LogP contribution in [0.3, 0.4) is 0 Å². The third-order valence-electron chi connectivity index (χ3n) is 5.76. The Bertz CT molecular complexity index is 601. The van der Waals surface area contributed by atoms with Gasteiger partial charge >= 0.3 is 11.9 Å². The molecule has 2 atom stereocenters. The van der Waals surface area contributed by atoms with Gasteiger partial charge in [-0.1, -0.05) is 75.8 Å². The Balaban J connectivity index is 2.30. The molecule has 1 aromatic rings. The molecule has 0 spiro atoms. The zero-order valence-electron chi connectivity index (χ0n) is 20.2. The van der Waals surface area contributed by atoms with Crippen molar-refractivity contribution in [1.82, 2.24) is 0 Å². The number of carbonyl (C=O) groups excluding carboxylic acids is 1. The van der Waals surface area contributed by atoms with Crippen LogP contribution in [-0.2, 0) is 25.7 Å². The number of aliphatic carboxylic acids is 1. The lowest BCUT2D eigenvalue weighted by atomic mass is 10.0. The molecular weight excluding hydrogens is 404 g/mol. The summed E-state index contributed by atoms with van der Waals surface area (Å²) >= 11 is 0. The van der Waals surface area contributed by atoms with Crippen molar-refractivity contribution in [2.75, 3.05) is 0 Å². The Hall–Kier alpha value is -1.88. The van der Waals surface area contributed by atoms with Crippen molar-refractivity contribution in [3.8, 4) is 0 Å². The van der Waals surface area contributed by atoms with Crippen molar-refractivity contribution in [3.05, 3.63) is 35.9 Å². The molecule has 182 valence electrons. The average Bonchev–Trinajstić information content (AvgIpc) is 2.76. The van der Waals surface area contributed by atoms with Gasteiger partial charge in [0.15, 0.2) is 0 Å². The largest absolute Gasteiger partial charge is 0.481 e. The molecule has 0 fully saturated rings. The molecule has 5 nitrogen and oxygen atoms in total. The van der Waals surface area contributed by atoms with Crippen LogP contribution in [0, 0.1) is 0 Å². The van der Waals surface area contributed by atoms with Gasteiger partial charge in [-0.3, -0.25) is 9.59 Å². The predicted molar refractivity (Wildman–Crippen MR) is 129 cm³/mol. The minimum atomic E-state index is -0.728. The van der Waals surface area contributed by atoms with Crippen LogP contribution in [-0.4, -0.2) is 29.3 Å². The van der Waals surface area contributed by atoms with Gasteiger partial charge in [-0.15, -0.1) is 0 Å². The third kappa shape index (κ3) is 15.9. The van der Waals surface area contributed by atoms with Crippen molar-refractivity contribution in [3.63, 3.8) is 0 Å². The molecule has 2 unspecified atom stereocenters. The van der Waals surface area contributed by atoms with Crippen LogP contribution in [0.25, 0.3) is 0 Å². The maximum Gasteiger partial charge on any atom is 0.303 e. The van der Waals surface area contributed by atoms with Gasteiger partial charge in [0.05, 0.1) is 12.7 Å². The number of carbonyl (C=O) groups is 2. The van der Waals surface area contributed by atoms with E-state index in [9.17, 15) is 9.59 Å². The number of hydrogen-bond donors (Lipinski definition) is 1. The predicted octanol–water partition coefficient (Wildman–Crippen LogP) is 7.07. The van der Waals surface area contributed by atoms with Gasteiger partial charge < -0.3 is 14.6 Å². The number of ether oxygens (including phenoxy) is 2. The lowest BCUT2D eigenvalue weighted by Crippen LogP contribution is -2.16. The number of benzene rings is 1. The molecule has 1 aromatic carbocycles. The monoisotopic (exact) mass is 448 g/mol. The van der Waals surface area contributed by atoms with Crippen molar-refractivity contribution in [2.24, 2.45) is 0 Å². The fourth-order valence-corrected chi connectivity index (χ4v) is 3.96. The van der Waals surface area contributed by atoms with Crippen molar-refractivity contribution in [1.29, 1.82) is 0 Å². The van der Waals surface area contributed by atoms with Crippen LogP contribution in [0.4, 0.5) is 0 Å². The van der Waals surface area contributed by atoms with Crippen LogP contribution in [0.1, 0.15) is 109 Å². The Morgan fingerprint density at radius 1 is 0.812 bits per heavy atom. The summed E-state index contributed by atoms with van der Waals surface area (Å²) in [7, 11) is 0. The van der Waals surface area contributed by atoms with Gasteiger partial charge in [0, 0.05) is 13.3 Å². The molecule has 0 heterocycles. The Kier molecular flexibility index (Phi) is 16.4. The zero-order valence-corrected chi connectivity index (χ0v) is 20.2. The van der Waals surface area contributed by atoms with E-state index in [1.165, 1.54) is 25.3 Å². The maximum absolute atomic E-state index is 11.3. The number of rotatable bonds is 20. The number of carboxylic acids is 1. The molecule has 0 aliphatic carbocycles. The second-order valence-corrected chi connectivity index (χ2v) is 8.78. The number of hydrogen-bond acceptors (Lipinski definition) is 4. The first-order valence-electron chi connectivity index (χ1n) is 12.6. The number of carboxylic acid groups (broad SMARTS) is 1. The highest BCUT2D eigenvalue weighted by atomic mass is 16.5. The molecule has 0 aliphatic rings. The van der Waals surface area contributed by atoms with Crippen LogP contribution < -0.4 is 0 Å². The van der Waals surface area contributed by atoms with Crippen molar-refractivity contribution < 1.29 is 24.2 Å². The smallest absolute Gasteiger partial charge is 0.303 e. The first-order valence-corrected chi connectivity index (χ1v) is 12.6. The quantitative estimate of drug-likeness (QED) is 0.171. The SMILES string of the molecule is CCCCCC(CCCCCCC(CCCCC(=O)O)OCc1ccccc1)OC(C)=O. The fraction of sp³-hybridized carbons (Fsp3) is 0.704. The van der Waals surface area contributed by atoms with Gasteiger partial charge in [-0.2, -0.15) is 0 Å². The van der Waals surface area contributed by atoms with Gasteiger partial charge in [-0.25, -0.2) is 0 Å². The molecule has 1 N–H and O–H groups in total. The van der Waals surface area contributed by atoms with E-state index in [2.05, 4.69) is 19.1 Å². The molecule has 0 bridgehead atoms. The van der Waals surface area contributed by atoms with Gasteiger partial charge in [-0.05, 0) is 50.5 Å². The summed E-state index contributed by atoms with van der Waals surface area (Å²) in [6, 6.07) is 10.2. The first-order chi connectivity index (χ1) is 15.5. The van der Waals surface area contributed by atoms with Gasteiger partial charge in [0.25, 0.3) is 0 Å². The van der Waals surface area contributed by atoms with Crippen LogP contribution >= 0.6 is 0 Å². The standard InChI is InChI=1S/C27H44O5/c1-3-4-8-19-26(32-23(2)28)20-12-6-5-11-17-25(18-13-14-21-27(29)30)31-22-24-15-9-7-10-16-24/h7,9-10,15-16,25-26H,3-6,8,11-14,17-22H2,1-2H3,(H,29,30). The van der Waals surface area contributed by atoms with E-state index in [0.29, 0.717) is 13.0 Å². The molecule has 1 rings (SSSR count). The summed E-state index contributed by atoms with van der Waals surface area (Å²) in [5.41, 5.74) is 1.17. The molecule has 0 amide bonds. The van der Waals surface area contributed by atoms with Crippen LogP contribution in [0.15, 0.2) is 30.3 Å². The average molecular weight is 449 g/mol. The summed E-state index contributed by atoms with van der Waals surface area (Å²) in [6.07, 6.45) is 13.8. The second kappa shape index (κ2) is 18.7. The summed E-state index contributed by atoms with van der Waals surface area (Å²) in [6.45, 7) is 4.29. The Morgan fingerprint density at radius 2 is 1.38 bits per heavy atom. The lowest BCUT2D eigenvalue weighted by Gasteiger charge is -2.19. The molecular formula is C27H44O5. The van der Waals surface area contributed by atoms with Crippen LogP contribution in [0.5, 0.6) is 0 Å². The van der Waals surface area contributed by atoms with Crippen molar-refractivity contribution >= 4 is 11.9 Å². The maximum atomic E-state index is 11.3. The number of esters is 1. The summed E-state index contributed by atoms with van der Waals surface area (Å²) < 4.78 is 11.7. The summed E-state index contributed by atoms with van der Waals surface area (Å²) in [5.74, 6) is -0.902. The minimum Gasteiger partial charge on any atom is -0.481 e. The molecule has 5 heteroatoms. The molecule has 0 aromatic heterocycles. The highest BCUT2D eigenvalue weighted by Gasteiger charge is 2.13. The Labute approximate surface area is 194 Å². The van der Waals surface area contributed by atoms with E-state index in [-0.39, 0.29) is 24.6 Å². The van der Waals surface area contributed by atoms with E-state index < -0.39 is 5.97 Å². The van der Waals surface area contributed by atoms with E-state index in [0.717, 1.165) is 64.2 Å². The summed E-state index contributed by atoms with van der Waals surface area (Å²) in [4.78, 5) is 22.1. The highest BCUT2D eigenvalue weighted by molar-refractivity contribution is 5.66. The van der Waals surface area contributed by atoms with Crippen molar-refractivity contribution in [2.45, 2.75) is 123 Å². The van der Waals surface area contributed by atoms with E-state index in [1.807, 2.05) is 18.2 Å². The molecule has 0 radical (unpaired) electrons. The van der Waals surface area contributed by atoms with Gasteiger partial charge in [0.2, 0.25) is 0 Å². The summed E-state index contributed by atoms with van der Waals surface area (Å²) in [5, 5.41) is 8.84. The van der Waals surface area contributed by atoms with E-state index in [4.69, 9.17) is 14.6 Å². The van der Waals surface area contributed by atoms with E-state index >= 15 is 0 Å². The minimum absolute atomic E-state index is 0.0650. The lowest BCUT2D eigenvalue weighted by molar-refractivity contribution is -0.147. The van der Waals surface area contributed by atoms with E-state index in [1.54, 1.807) is 0 Å². The zero-order chi connectivity index (χ0) is 23.4. The molecule has 0 saturated carbocycles. The second-order valence-electron chi connectivity index (χ2n) is 8.78. The Morgan fingerprint density at radius 3 is 1.94 bits per heavy atom. The number of unbranched alkanes of at least 4 members (excludes halogenated alkanes) is 6. The van der Waals surface area contributed by atoms with Crippen LogP contribution in [0.2, 0.25) is 0 Å². The first kappa shape index (κ1) is 28.2. The normalized spacial score (nSPS) is 12.9. The third-order valence-corrected chi connectivity index (χ3v) is 5.76.